The summed E-state index contributed by atoms with van der Waals surface area (Å²) in [5, 5.41) is 61.2. The number of methoxy groups -OCH3 is 4. The van der Waals surface area contributed by atoms with Crippen LogP contribution >= 0.6 is 0 Å². The first kappa shape index (κ1) is 86.9. The van der Waals surface area contributed by atoms with Gasteiger partial charge in [-0.25, -0.2) is 14.4 Å². The molecule has 8 aromatic heterocycles. The first-order valence-electron chi connectivity index (χ1n) is 36.7. The minimum atomic E-state index is -3.36. The molecule has 26 nitrogen and oxygen atoms in total. The van der Waals surface area contributed by atoms with Gasteiger partial charge in [-0.15, -0.1) is 0 Å². The number of aromatic nitrogens is 8. The molecule has 118 heavy (non-hydrogen) atoms. The molecule has 0 aliphatic rings. The van der Waals surface area contributed by atoms with Gasteiger partial charge in [-0.1, -0.05) is 36.4 Å². The zero-order valence-corrected chi connectivity index (χ0v) is 65.8. The minimum Gasteiger partial charge on any atom is -0.469 e. The molecule has 0 bridgehead atoms. The van der Waals surface area contributed by atoms with E-state index < -0.39 is 16.1 Å². The lowest BCUT2D eigenvalue weighted by atomic mass is 10.1. The van der Waals surface area contributed by atoms with Crippen LogP contribution in [0, 0.1) is 45.3 Å². The van der Waals surface area contributed by atoms with Crippen LogP contribution in [0.1, 0.15) is 95.6 Å². The van der Waals surface area contributed by atoms with E-state index in [0.29, 0.717) is 53.5 Å². The summed E-state index contributed by atoms with van der Waals surface area (Å²) in [7, 11) is 2.09. The number of carbonyl (C=O) groups excluding carboxylic acids is 5. The summed E-state index contributed by atoms with van der Waals surface area (Å²) in [5.74, 6) is -1.27. The lowest BCUT2D eigenvalue weighted by Crippen LogP contribution is -2.04. The molecule has 0 atom stereocenters. The highest BCUT2D eigenvalue weighted by Crippen LogP contribution is 2.25. The summed E-state index contributed by atoms with van der Waals surface area (Å²) in [6.07, 6.45) is 26.2. The number of hydrogen-bond donors (Lipinski definition) is 10. The number of esters is 4. The van der Waals surface area contributed by atoms with Crippen molar-refractivity contribution in [1.82, 2.24) is 39.9 Å². The Morgan fingerprint density at radius 2 is 0.780 bits per heavy atom. The van der Waals surface area contributed by atoms with E-state index >= 15 is 0 Å². The molecule has 0 spiro atoms. The van der Waals surface area contributed by atoms with Gasteiger partial charge >= 0.3 is 23.9 Å². The largest absolute Gasteiger partial charge is 0.469 e. The monoisotopic (exact) mass is 1600 g/mol. The Morgan fingerprint density at radius 1 is 0.407 bits per heavy atom. The van der Waals surface area contributed by atoms with Crippen LogP contribution in [-0.4, -0.2) is 137 Å². The van der Waals surface area contributed by atoms with Crippen molar-refractivity contribution in [1.29, 1.82) is 21.0 Å². The standard InChI is InChI=1S/C13H14N2O3S.C13H12N2O2.C13H10N2O2.C12H12N2O.C12H11NO2.C10H9NO2.C9H9NO.C9H7NO/c1-19(16,17)18-6-2-3-10-4-5-13-12(7-10)11(8-14)9-15-13;2*1-17-13(16)5-3-9-2-4-12-11(6-9)10(7-14)8-15-12;13-7-10-8-14-12-4-3-9(2-1-5-15)6-11(10)12;1-15-12(14)5-3-9-2-4-11-10(8-9)6-7-13-11;1-13-10(12)8-2-3-9-7(6-8)4-5-11-9;2*11-6-7-1-2-9-8(5-7)3-4-10-9/h4-5,7,9,15H,2-3,6H2,1H3;2,4,6,8,15H,3,5H2,1H3;2-6,8,15H,1H3;3-4,6,8,14-15H,1-2,5H2;2-8,13H,1H3;2-6,11H,1H3;1-5,10-11H,6H2;1-6,10H/b;;5-3+;;5-3+;;;. The van der Waals surface area contributed by atoms with E-state index in [1.54, 1.807) is 55.1 Å². The Morgan fingerprint density at radius 3 is 1.19 bits per heavy atom. The number of nitriles is 4. The second-order valence-corrected chi connectivity index (χ2v) is 27.7. The zero-order valence-electron chi connectivity index (χ0n) is 65.0. The number of benzene rings is 8. The SMILES string of the molecule is COC(=O)/C=C/c1ccc2[nH]cc(C#N)c2c1.COC(=O)/C=C/c1ccc2[nH]ccc2c1.COC(=O)CCc1ccc2[nH]cc(C#N)c2c1.COC(=O)c1ccc2[nH]ccc2c1.CS(=O)(=O)OCCCc1ccc2[nH]cc(C#N)c2c1.N#Cc1c[nH]c2ccc(CCCO)cc12.O=Cc1ccc2[nH]ccc2c1.OCc1ccc2[nH]ccc2c1. The van der Waals surface area contributed by atoms with Crippen molar-refractivity contribution < 1.29 is 65.7 Å². The second kappa shape index (κ2) is 43.8. The van der Waals surface area contributed by atoms with Gasteiger partial charge in [0.2, 0.25) is 0 Å². The van der Waals surface area contributed by atoms with E-state index in [0.717, 1.165) is 152 Å². The van der Waals surface area contributed by atoms with Crippen molar-refractivity contribution in [3.05, 3.63) is 298 Å². The van der Waals surface area contributed by atoms with Crippen LogP contribution in [0.15, 0.2) is 232 Å². The molecule has 0 unspecified atom stereocenters. The zero-order chi connectivity index (χ0) is 84.4. The fourth-order valence-electron chi connectivity index (χ4n) is 12.0. The number of fused-ring (bicyclic) bond motifs is 8. The molecule has 0 fully saturated rings. The molecule has 0 saturated heterocycles. The number of nitrogens with zero attached hydrogens (tertiary/aromatic N) is 4. The first-order valence-corrected chi connectivity index (χ1v) is 38.5. The summed E-state index contributed by atoms with van der Waals surface area (Å²) < 4.78 is 44.5. The average molecular weight is 1600 g/mol. The van der Waals surface area contributed by atoms with Crippen LogP contribution < -0.4 is 0 Å². The summed E-state index contributed by atoms with van der Waals surface area (Å²) in [5.41, 5.74) is 17.9. The van der Waals surface area contributed by atoms with Crippen molar-refractivity contribution in [2.75, 3.05) is 47.9 Å². The predicted octanol–water partition coefficient (Wildman–Crippen LogP) is 16.2. The van der Waals surface area contributed by atoms with Gasteiger partial charge in [-0.2, -0.15) is 29.5 Å². The minimum absolute atomic E-state index is 0.112. The number of aromatic amines is 8. The molecule has 8 aromatic carbocycles. The van der Waals surface area contributed by atoms with E-state index in [-0.39, 0.29) is 37.7 Å². The number of nitrogens with one attached hydrogen (secondary N) is 8. The number of aryl methyl sites for hydroxylation is 3. The number of ether oxygens (including phenoxy) is 4. The highest BCUT2D eigenvalue weighted by Gasteiger charge is 2.11. The summed E-state index contributed by atoms with van der Waals surface area (Å²) in [4.78, 5) is 78.8. The number of carbonyl (C=O) groups is 5. The van der Waals surface area contributed by atoms with Crippen LogP contribution in [0.3, 0.4) is 0 Å². The van der Waals surface area contributed by atoms with Crippen molar-refractivity contribution in [2.45, 2.75) is 45.1 Å². The third-order valence-corrected chi connectivity index (χ3v) is 18.7. The lowest BCUT2D eigenvalue weighted by molar-refractivity contribution is -0.140. The molecule has 8 heterocycles. The van der Waals surface area contributed by atoms with Crippen LogP contribution in [0.25, 0.3) is 99.4 Å². The fourth-order valence-corrected chi connectivity index (χ4v) is 12.4. The molecule has 0 saturated carbocycles. The highest BCUT2D eigenvalue weighted by atomic mass is 32.2. The molecule has 16 aromatic rings. The van der Waals surface area contributed by atoms with Gasteiger partial charge in [-0.05, 0) is 222 Å². The molecule has 598 valence electrons. The van der Waals surface area contributed by atoms with E-state index in [2.05, 4.69) is 87.3 Å². The predicted molar refractivity (Wildman–Crippen MR) is 455 cm³/mol. The summed E-state index contributed by atoms with van der Waals surface area (Å²) in [6, 6.07) is 62.4. The molecular weight excluding hydrogens is 1520 g/mol. The van der Waals surface area contributed by atoms with Crippen LogP contribution in [-0.2, 0) is 73.5 Å². The maximum atomic E-state index is 11.1. The maximum absolute atomic E-state index is 11.1. The van der Waals surface area contributed by atoms with Gasteiger partial charge in [0.25, 0.3) is 10.1 Å². The van der Waals surface area contributed by atoms with Crippen molar-refractivity contribution >= 4 is 140 Å². The Labute approximate surface area is 678 Å². The fraction of sp³-hybridized carbons (Fsp3) is 0.154. The number of H-pyrrole nitrogens is 8. The summed E-state index contributed by atoms with van der Waals surface area (Å²) >= 11 is 0. The van der Waals surface area contributed by atoms with Crippen molar-refractivity contribution in [2.24, 2.45) is 0 Å². The molecule has 0 amide bonds. The third kappa shape index (κ3) is 25.2. The molecule has 0 aliphatic carbocycles. The van der Waals surface area contributed by atoms with E-state index in [4.69, 9.17) is 31.3 Å². The van der Waals surface area contributed by atoms with Gasteiger partial charge in [0.1, 0.15) is 30.6 Å². The van der Waals surface area contributed by atoms with E-state index in [9.17, 15) is 32.4 Å². The number of aliphatic hydroxyl groups is 2. The molecule has 16 rings (SSSR count). The number of aliphatic hydroxyl groups excluding tert-OH is 2. The van der Waals surface area contributed by atoms with Gasteiger partial charge < -0.3 is 69.0 Å². The number of aldehydes is 1. The first-order chi connectivity index (χ1) is 57.2. The lowest BCUT2D eigenvalue weighted by Gasteiger charge is -2.02. The van der Waals surface area contributed by atoms with Crippen molar-refractivity contribution in [3.63, 3.8) is 0 Å². The van der Waals surface area contributed by atoms with Crippen LogP contribution in [0.5, 0.6) is 0 Å². The number of rotatable bonds is 18. The van der Waals surface area contributed by atoms with Crippen LogP contribution in [0.4, 0.5) is 0 Å². The Bertz CT molecular complexity index is 6490. The molecular formula is C91H84N12O14S. The van der Waals surface area contributed by atoms with Gasteiger partial charge in [0.15, 0.2) is 0 Å². The quantitative estimate of drug-likeness (QED) is 0.00952. The van der Waals surface area contributed by atoms with E-state index in [1.807, 2.05) is 176 Å². The van der Waals surface area contributed by atoms with Gasteiger partial charge in [-0.3, -0.25) is 13.8 Å². The average Bonchev–Trinajstić information content (AvgIpc) is 1.68. The highest BCUT2D eigenvalue weighted by molar-refractivity contribution is 7.86. The van der Waals surface area contributed by atoms with Gasteiger partial charge in [0, 0.05) is 157 Å². The van der Waals surface area contributed by atoms with Gasteiger partial charge in [0.05, 0.1) is 75.7 Å². The molecule has 0 radical (unpaired) electrons. The smallest absolute Gasteiger partial charge is 0.337 e. The Kier molecular flexibility index (Phi) is 32.2. The molecule has 10 N–H and O–H groups in total. The topological polar surface area (TPSA) is 428 Å². The molecule has 0 aliphatic heterocycles. The van der Waals surface area contributed by atoms with Crippen molar-refractivity contribution in [3.8, 4) is 24.3 Å². The van der Waals surface area contributed by atoms with Crippen LogP contribution in [0.2, 0.25) is 0 Å². The Hall–Kier alpha value is -15.1. The third-order valence-electron chi connectivity index (χ3n) is 18.1. The number of hydrogen-bond acceptors (Lipinski definition) is 18. The Balaban J connectivity index is 0.000000155. The molecule has 27 heteroatoms. The maximum Gasteiger partial charge on any atom is 0.337 e. The summed E-state index contributed by atoms with van der Waals surface area (Å²) in [6.45, 7) is 0.493. The normalized spacial score (nSPS) is 10.6. The second-order valence-electron chi connectivity index (χ2n) is 26.0. The van der Waals surface area contributed by atoms with E-state index in [1.165, 1.54) is 40.6 Å².